The largest absolute Gasteiger partial charge is 0.490 e. The van der Waals surface area contributed by atoms with E-state index in [0.29, 0.717) is 5.69 Å². The number of anilines is 2. The van der Waals surface area contributed by atoms with E-state index in [-0.39, 0.29) is 16.1 Å². The second-order valence-corrected chi connectivity index (χ2v) is 8.35. The lowest BCUT2D eigenvalue weighted by atomic mass is 10.1. The van der Waals surface area contributed by atoms with E-state index in [2.05, 4.69) is 4.72 Å². The van der Waals surface area contributed by atoms with E-state index in [1.165, 1.54) is 6.07 Å². The molecule has 0 radical (unpaired) electrons. The maximum atomic E-state index is 12.5. The summed E-state index contributed by atoms with van der Waals surface area (Å²) in [6.07, 6.45) is -5.08. The fourth-order valence-corrected chi connectivity index (χ4v) is 3.70. The van der Waals surface area contributed by atoms with Crippen molar-refractivity contribution in [2.45, 2.75) is 24.9 Å². The molecular formula is C19H21F3N2O6S. The minimum Gasteiger partial charge on any atom is -0.478 e. The van der Waals surface area contributed by atoms with E-state index in [1.54, 1.807) is 43.3 Å². The molecule has 2 rings (SSSR count). The Morgan fingerprint density at radius 3 is 1.84 bits per heavy atom. The van der Waals surface area contributed by atoms with Crippen LogP contribution in [0.3, 0.4) is 0 Å². The molecule has 0 unspecified atom stereocenters. The molecule has 0 heterocycles. The van der Waals surface area contributed by atoms with Crippen molar-refractivity contribution in [1.82, 2.24) is 0 Å². The van der Waals surface area contributed by atoms with E-state index in [0.717, 1.165) is 11.1 Å². The number of nitrogens with zero attached hydrogens (tertiary/aromatic N) is 1. The first-order chi connectivity index (χ1) is 14.0. The lowest BCUT2D eigenvalue weighted by molar-refractivity contribution is -0.192. The Labute approximate surface area is 177 Å². The fraction of sp³-hybridized carbons (Fsp3) is 0.263. The van der Waals surface area contributed by atoms with Crippen LogP contribution in [0.1, 0.15) is 21.5 Å². The maximum absolute atomic E-state index is 12.5. The summed E-state index contributed by atoms with van der Waals surface area (Å²) in [7, 11) is -0.344. The van der Waals surface area contributed by atoms with Crippen LogP contribution in [-0.2, 0) is 14.8 Å². The molecule has 0 aromatic heterocycles. The molecule has 170 valence electrons. The zero-order chi connectivity index (χ0) is 24.1. The third-order valence-electron chi connectivity index (χ3n) is 3.71. The molecule has 8 nitrogen and oxygen atoms in total. The van der Waals surface area contributed by atoms with Gasteiger partial charge in [0, 0.05) is 19.8 Å². The van der Waals surface area contributed by atoms with Gasteiger partial charge < -0.3 is 15.1 Å². The Balaban J connectivity index is 0.000000592. The van der Waals surface area contributed by atoms with Gasteiger partial charge in [0.05, 0.1) is 16.1 Å². The van der Waals surface area contributed by atoms with Gasteiger partial charge in [-0.3, -0.25) is 4.72 Å². The standard InChI is InChI=1S/C17H20N2O4S.C2HF3O2/c1-11-7-12(2)9-14(8-11)24(22,23)18-13-5-6-16(19(3)4)15(10-13)17(20)21;3-2(4,5)1(6)7/h5-10,18H,1-4H3,(H,20,21);(H,6,7). The predicted octanol–water partition coefficient (Wildman–Crippen LogP) is 3.50. The van der Waals surface area contributed by atoms with E-state index in [9.17, 15) is 31.5 Å². The first kappa shape index (κ1) is 25.8. The highest BCUT2D eigenvalue weighted by Crippen LogP contribution is 2.25. The minimum atomic E-state index is -5.08. The van der Waals surface area contributed by atoms with Gasteiger partial charge in [-0.2, -0.15) is 13.2 Å². The summed E-state index contributed by atoms with van der Waals surface area (Å²) >= 11 is 0. The molecule has 12 heteroatoms. The van der Waals surface area contributed by atoms with Crippen LogP contribution in [0.5, 0.6) is 0 Å². The van der Waals surface area contributed by atoms with Crippen molar-refractivity contribution in [2.24, 2.45) is 0 Å². The summed E-state index contributed by atoms with van der Waals surface area (Å²) in [5.74, 6) is -3.88. The Hall–Kier alpha value is -3.28. The number of aliphatic carboxylic acids is 1. The van der Waals surface area contributed by atoms with E-state index < -0.39 is 28.1 Å². The molecule has 2 aromatic carbocycles. The fourth-order valence-electron chi connectivity index (χ4n) is 2.46. The average Bonchev–Trinajstić information content (AvgIpc) is 2.60. The van der Waals surface area contributed by atoms with Crippen molar-refractivity contribution in [3.63, 3.8) is 0 Å². The highest BCUT2D eigenvalue weighted by atomic mass is 32.2. The van der Waals surface area contributed by atoms with Gasteiger partial charge in [-0.25, -0.2) is 18.0 Å². The van der Waals surface area contributed by atoms with Crippen LogP contribution in [0.15, 0.2) is 41.3 Å². The lowest BCUT2D eigenvalue weighted by Gasteiger charge is -2.17. The number of alkyl halides is 3. The van der Waals surface area contributed by atoms with Crippen LogP contribution in [0.2, 0.25) is 0 Å². The number of carboxylic acid groups (broad SMARTS) is 2. The van der Waals surface area contributed by atoms with E-state index in [4.69, 9.17) is 9.90 Å². The molecular weight excluding hydrogens is 441 g/mol. The van der Waals surface area contributed by atoms with Crippen molar-refractivity contribution < 1.29 is 41.4 Å². The SMILES string of the molecule is Cc1cc(C)cc(S(=O)(=O)Nc2ccc(N(C)C)c(C(=O)O)c2)c1.O=C(O)C(F)(F)F. The molecule has 0 aliphatic heterocycles. The van der Waals surface area contributed by atoms with Crippen LogP contribution in [0.25, 0.3) is 0 Å². The van der Waals surface area contributed by atoms with Crippen molar-refractivity contribution in [1.29, 1.82) is 0 Å². The molecule has 0 amide bonds. The second kappa shape index (κ2) is 9.69. The first-order valence-electron chi connectivity index (χ1n) is 8.50. The summed E-state index contributed by atoms with van der Waals surface area (Å²) < 4.78 is 59.3. The number of carboxylic acids is 2. The zero-order valence-electron chi connectivity index (χ0n) is 17.0. The number of sulfonamides is 1. The highest BCUT2D eigenvalue weighted by Gasteiger charge is 2.38. The Bertz CT molecular complexity index is 1060. The summed E-state index contributed by atoms with van der Waals surface area (Å²) in [5.41, 5.74) is 2.41. The third kappa shape index (κ3) is 7.48. The minimum absolute atomic E-state index is 0.0284. The molecule has 0 atom stereocenters. The molecule has 31 heavy (non-hydrogen) atoms. The van der Waals surface area contributed by atoms with Crippen LogP contribution < -0.4 is 9.62 Å². The van der Waals surface area contributed by atoms with E-state index in [1.807, 2.05) is 19.9 Å². The van der Waals surface area contributed by atoms with Gasteiger partial charge in [0.1, 0.15) is 0 Å². The molecule has 0 fully saturated rings. The Morgan fingerprint density at radius 2 is 1.45 bits per heavy atom. The third-order valence-corrected chi connectivity index (χ3v) is 5.07. The topological polar surface area (TPSA) is 124 Å². The lowest BCUT2D eigenvalue weighted by Crippen LogP contribution is -2.21. The van der Waals surface area contributed by atoms with E-state index >= 15 is 0 Å². The van der Waals surface area contributed by atoms with Gasteiger partial charge in [-0.05, 0) is 55.3 Å². The van der Waals surface area contributed by atoms with Crippen LogP contribution in [-0.4, -0.2) is 50.8 Å². The molecule has 0 aliphatic carbocycles. The van der Waals surface area contributed by atoms with Gasteiger partial charge in [0.2, 0.25) is 0 Å². The molecule has 0 bridgehead atoms. The smallest absolute Gasteiger partial charge is 0.478 e. The summed E-state index contributed by atoms with van der Waals surface area (Å²) in [6, 6.07) is 9.46. The number of halogens is 3. The number of benzene rings is 2. The van der Waals surface area contributed by atoms with Crippen molar-refractivity contribution in [3.05, 3.63) is 53.1 Å². The van der Waals surface area contributed by atoms with Crippen molar-refractivity contribution in [2.75, 3.05) is 23.7 Å². The summed E-state index contributed by atoms with van der Waals surface area (Å²) in [4.78, 5) is 22.1. The number of hydrogen-bond acceptors (Lipinski definition) is 5. The molecule has 0 spiro atoms. The van der Waals surface area contributed by atoms with Crippen LogP contribution >= 0.6 is 0 Å². The Morgan fingerprint density at radius 1 is 0.968 bits per heavy atom. The second-order valence-electron chi connectivity index (χ2n) is 6.66. The van der Waals surface area contributed by atoms with Crippen molar-refractivity contribution >= 4 is 33.3 Å². The zero-order valence-corrected chi connectivity index (χ0v) is 17.8. The highest BCUT2D eigenvalue weighted by molar-refractivity contribution is 7.92. The number of carbonyl (C=O) groups is 2. The average molecular weight is 462 g/mol. The summed E-state index contributed by atoms with van der Waals surface area (Å²) in [5, 5.41) is 16.4. The number of aryl methyl sites for hydroxylation is 2. The van der Waals surface area contributed by atoms with Gasteiger partial charge in [0.25, 0.3) is 10.0 Å². The quantitative estimate of drug-likeness (QED) is 0.621. The molecule has 3 N–H and O–H groups in total. The van der Waals surface area contributed by atoms with Crippen LogP contribution in [0.4, 0.5) is 24.5 Å². The number of aromatic carboxylic acids is 1. The predicted molar refractivity (Wildman–Crippen MR) is 108 cm³/mol. The Kier molecular flexibility index (Phi) is 8.05. The summed E-state index contributed by atoms with van der Waals surface area (Å²) in [6.45, 7) is 3.64. The molecule has 0 saturated carbocycles. The number of hydrogen-bond donors (Lipinski definition) is 3. The van der Waals surface area contributed by atoms with Gasteiger partial charge >= 0.3 is 18.1 Å². The maximum Gasteiger partial charge on any atom is 0.490 e. The first-order valence-corrected chi connectivity index (χ1v) is 9.99. The molecule has 2 aromatic rings. The normalized spacial score (nSPS) is 11.2. The monoisotopic (exact) mass is 462 g/mol. The number of nitrogens with one attached hydrogen (secondary N) is 1. The van der Waals surface area contributed by atoms with Crippen molar-refractivity contribution in [3.8, 4) is 0 Å². The van der Waals surface area contributed by atoms with Gasteiger partial charge in [0.15, 0.2) is 0 Å². The van der Waals surface area contributed by atoms with Gasteiger partial charge in [-0.15, -0.1) is 0 Å². The number of rotatable bonds is 5. The van der Waals surface area contributed by atoms with Crippen LogP contribution in [0, 0.1) is 13.8 Å². The molecule has 0 saturated heterocycles. The van der Waals surface area contributed by atoms with Gasteiger partial charge in [-0.1, -0.05) is 6.07 Å². The molecule has 0 aliphatic rings.